The van der Waals surface area contributed by atoms with Gasteiger partial charge in [0.1, 0.15) is 0 Å². The minimum Gasteiger partial charge on any atom is -0.316 e. The molecule has 1 rings (SSSR count). The Morgan fingerprint density at radius 2 is 1.93 bits per heavy atom. The van der Waals surface area contributed by atoms with Gasteiger partial charge in [0.05, 0.1) is 0 Å². The minimum atomic E-state index is 0.848. The number of rotatable bonds is 6. The summed E-state index contributed by atoms with van der Waals surface area (Å²) in [5.41, 5.74) is 2.45. The normalized spacial score (nSPS) is 10.6. The summed E-state index contributed by atoms with van der Waals surface area (Å²) in [6, 6.07) is 6.04. The summed E-state index contributed by atoms with van der Waals surface area (Å²) < 4.78 is 0. The molecule has 15 heavy (non-hydrogen) atoms. The van der Waals surface area contributed by atoms with Crippen molar-refractivity contribution in [2.45, 2.75) is 20.4 Å². The van der Waals surface area contributed by atoms with Crippen molar-refractivity contribution in [1.29, 1.82) is 0 Å². The topological polar surface area (TPSA) is 24.1 Å². The smallest absolute Gasteiger partial charge is 0.0438 e. The molecule has 2 nitrogen and oxygen atoms in total. The lowest BCUT2D eigenvalue weighted by molar-refractivity contribution is 0.624. The molecular formula is C12H19ClN2. The summed E-state index contributed by atoms with van der Waals surface area (Å²) in [4.78, 5) is 0. The summed E-state index contributed by atoms with van der Waals surface area (Å²) in [6.07, 6.45) is 0. The molecule has 0 saturated heterocycles. The Morgan fingerprint density at radius 3 is 2.67 bits per heavy atom. The van der Waals surface area contributed by atoms with Gasteiger partial charge in [-0.15, -0.1) is 0 Å². The van der Waals surface area contributed by atoms with Crippen LogP contribution in [0.5, 0.6) is 0 Å². The lowest BCUT2D eigenvalue weighted by atomic mass is 10.1. The van der Waals surface area contributed by atoms with Gasteiger partial charge in [-0.05, 0) is 30.7 Å². The SMILES string of the molecule is CCNCCNCc1cccc(Cl)c1C. The van der Waals surface area contributed by atoms with E-state index in [1.807, 2.05) is 12.1 Å². The predicted octanol–water partition coefficient (Wildman–Crippen LogP) is 2.35. The van der Waals surface area contributed by atoms with Crippen LogP contribution < -0.4 is 10.6 Å². The second-order valence-electron chi connectivity index (χ2n) is 3.55. The molecule has 0 bridgehead atoms. The van der Waals surface area contributed by atoms with E-state index < -0.39 is 0 Å². The highest BCUT2D eigenvalue weighted by molar-refractivity contribution is 6.31. The average Bonchev–Trinajstić information content (AvgIpc) is 2.24. The van der Waals surface area contributed by atoms with Crippen molar-refractivity contribution in [3.8, 4) is 0 Å². The maximum atomic E-state index is 6.04. The second kappa shape index (κ2) is 6.83. The molecule has 0 fully saturated rings. The molecule has 84 valence electrons. The Bertz CT molecular complexity index is 300. The summed E-state index contributed by atoms with van der Waals surface area (Å²) >= 11 is 6.04. The van der Waals surface area contributed by atoms with E-state index in [4.69, 9.17) is 11.6 Å². The number of halogens is 1. The van der Waals surface area contributed by atoms with Gasteiger partial charge in [0.25, 0.3) is 0 Å². The Labute approximate surface area is 97.0 Å². The third-order valence-electron chi connectivity index (χ3n) is 2.42. The predicted molar refractivity (Wildman–Crippen MR) is 66.4 cm³/mol. The van der Waals surface area contributed by atoms with Crippen molar-refractivity contribution in [3.63, 3.8) is 0 Å². The Balaban J connectivity index is 2.34. The summed E-state index contributed by atoms with van der Waals surface area (Å²) in [5.74, 6) is 0. The number of hydrogen-bond acceptors (Lipinski definition) is 2. The standard InChI is InChI=1S/C12H19ClN2/c1-3-14-7-8-15-9-11-5-4-6-12(13)10(11)2/h4-6,14-15H,3,7-9H2,1-2H3. The second-order valence-corrected chi connectivity index (χ2v) is 3.96. The first-order valence-corrected chi connectivity index (χ1v) is 5.79. The van der Waals surface area contributed by atoms with Gasteiger partial charge in [-0.1, -0.05) is 30.7 Å². The summed E-state index contributed by atoms with van der Waals surface area (Å²) in [5, 5.41) is 7.50. The molecule has 1 aromatic rings. The highest BCUT2D eigenvalue weighted by Crippen LogP contribution is 2.18. The van der Waals surface area contributed by atoms with Crippen molar-refractivity contribution in [1.82, 2.24) is 10.6 Å². The van der Waals surface area contributed by atoms with E-state index in [1.165, 1.54) is 11.1 Å². The third-order valence-corrected chi connectivity index (χ3v) is 2.83. The minimum absolute atomic E-state index is 0.848. The summed E-state index contributed by atoms with van der Waals surface area (Å²) in [7, 11) is 0. The van der Waals surface area contributed by atoms with Crippen LogP contribution in [0.4, 0.5) is 0 Å². The van der Waals surface area contributed by atoms with E-state index in [-0.39, 0.29) is 0 Å². The quantitative estimate of drug-likeness (QED) is 0.728. The largest absolute Gasteiger partial charge is 0.316 e. The maximum absolute atomic E-state index is 6.04. The molecule has 0 saturated carbocycles. The van der Waals surface area contributed by atoms with Crippen molar-refractivity contribution in [3.05, 3.63) is 34.3 Å². The first kappa shape index (κ1) is 12.5. The van der Waals surface area contributed by atoms with Crippen LogP contribution >= 0.6 is 11.6 Å². The number of benzene rings is 1. The van der Waals surface area contributed by atoms with Gasteiger partial charge in [-0.25, -0.2) is 0 Å². The van der Waals surface area contributed by atoms with Crippen LogP contribution in [-0.4, -0.2) is 19.6 Å². The van der Waals surface area contributed by atoms with Crippen LogP contribution in [0.1, 0.15) is 18.1 Å². The molecule has 0 unspecified atom stereocenters. The van der Waals surface area contributed by atoms with Crippen molar-refractivity contribution < 1.29 is 0 Å². The van der Waals surface area contributed by atoms with Gasteiger partial charge in [0.15, 0.2) is 0 Å². The number of hydrogen-bond donors (Lipinski definition) is 2. The van der Waals surface area contributed by atoms with Gasteiger partial charge >= 0.3 is 0 Å². The van der Waals surface area contributed by atoms with Crippen LogP contribution in [0, 0.1) is 6.92 Å². The zero-order chi connectivity index (χ0) is 11.1. The fourth-order valence-corrected chi connectivity index (χ4v) is 1.61. The van der Waals surface area contributed by atoms with Crippen LogP contribution in [0.3, 0.4) is 0 Å². The van der Waals surface area contributed by atoms with E-state index in [0.717, 1.165) is 31.2 Å². The lowest BCUT2D eigenvalue weighted by Gasteiger charge is -2.09. The molecule has 0 spiro atoms. The maximum Gasteiger partial charge on any atom is 0.0438 e. The van der Waals surface area contributed by atoms with E-state index in [2.05, 4.69) is 30.5 Å². The first-order chi connectivity index (χ1) is 7.25. The number of likely N-dealkylation sites (N-methyl/N-ethyl adjacent to an activating group) is 1. The fourth-order valence-electron chi connectivity index (χ4n) is 1.42. The number of nitrogens with one attached hydrogen (secondary N) is 2. The van der Waals surface area contributed by atoms with Crippen LogP contribution in [-0.2, 0) is 6.54 Å². The third kappa shape index (κ3) is 4.20. The average molecular weight is 227 g/mol. The van der Waals surface area contributed by atoms with Gasteiger partial charge in [0, 0.05) is 24.7 Å². The van der Waals surface area contributed by atoms with E-state index in [0.29, 0.717) is 0 Å². The zero-order valence-corrected chi connectivity index (χ0v) is 10.2. The Kier molecular flexibility index (Phi) is 5.69. The fraction of sp³-hybridized carbons (Fsp3) is 0.500. The van der Waals surface area contributed by atoms with Gasteiger partial charge in [-0.2, -0.15) is 0 Å². The van der Waals surface area contributed by atoms with Gasteiger partial charge < -0.3 is 10.6 Å². The van der Waals surface area contributed by atoms with Crippen molar-refractivity contribution in [2.75, 3.05) is 19.6 Å². The molecule has 0 aliphatic carbocycles. The molecule has 0 atom stereocenters. The molecule has 0 heterocycles. The molecule has 0 aromatic heterocycles. The van der Waals surface area contributed by atoms with E-state index in [1.54, 1.807) is 0 Å². The van der Waals surface area contributed by atoms with Crippen molar-refractivity contribution >= 4 is 11.6 Å². The molecule has 0 radical (unpaired) electrons. The Hall–Kier alpha value is -0.570. The van der Waals surface area contributed by atoms with Crippen LogP contribution in [0.15, 0.2) is 18.2 Å². The first-order valence-electron chi connectivity index (χ1n) is 5.41. The Morgan fingerprint density at radius 1 is 1.20 bits per heavy atom. The zero-order valence-electron chi connectivity index (χ0n) is 9.44. The molecule has 0 aliphatic heterocycles. The molecular weight excluding hydrogens is 208 g/mol. The molecule has 1 aromatic carbocycles. The highest BCUT2D eigenvalue weighted by Gasteiger charge is 2.00. The molecule has 0 amide bonds. The van der Waals surface area contributed by atoms with Crippen molar-refractivity contribution in [2.24, 2.45) is 0 Å². The highest BCUT2D eigenvalue weighted by atomic mass is 35.5. The van der Waals surface area contributed by atoms with E-state index in [9.17, 15) is 0 Å². The lowest BCUT2D eigenvalue weighted by Crippen LogP contribution is -2.26. The van der Waals surface area contributed by atoms with Crippen LogP contribution in [0.25, 0.3) is 0 Å². The van der Waals surface area contributed by atoms with E-state index >= 15 is 0 Å². The van der Waals surface area contributed by atoms with Gasteiger partial charge in [0.2, 0.25) is 0 Å². The van der Waals surface area contributed by atoms with Crippen LogP contribution in [0.2, 0.25) is 5.02 Å². The molecule has 0 aliphatic rings. The molecule has 3 heteroatoms. The molecule has 2 N–H and O–H groups in total. The van der Waals surface area contributed by atoms with Gasteiger partial charge in [-0.3, -0.25) is 0 Å². The monoisotopic (exact) mass is 226 g/mol. The summed E-state index contributed by atoms with van der Waals surface area (Å²) in [6.45, 7) is 8.08.